The Labute approximate surface area is 129 Å². The Morgan fingerprint density at radius 2 is 2.15 bits per heavy atom. The first-order valence-corrected chi connectivity index (χ1v) is 9.53. The average molecular weight is 295 g/mol. The van der Waals surface area contributed by atoms with E-state index in [1.54, 1.807) is 0 Å². The fourth-order valence-corrected chi connectivity index (χ4v) is 5.66. The molecule has 2 rings (SSSR count). The minimum atomic E-state index is -0.213. The second kappa shape index (κ2) is 7.71. The zero-order chi connectivity index (χ0) is 14.4. The van der Waals surface area contributed by atoms with Gasteiger partial charge in [0, 0.05) is 5.25 Å². The first-order valence-electron chi connectivity index (χ1n) is 8.48. The standard InChI is InChI=1S/C17H30N2S/c1-3-19-17(13-18)10-5-7-15(17)9-11-20-16-8-4-6-14(2)12-16/h14-16,19H,3-12H2,1-2H3. The summed E-state index contributed by atoms with van der Waals surface area (Å²) in [7, 11) is 0. The summed E-state index contributed by atoms with van der Waals surface area (Å²) in [6.07, 6.45) is 10.4. The topological polar surface area (TPSA) is 35.8 Å². The maximum absolute atomic E-state index is 9.58. The van der Waals surface area contributed by atoms with Gasteiger partial charge in [-0.05, 0) is 56.2 Å². The summed E-state index contributed by atoms with van der Waals surface area (Å²) >= 11 is 2.18. The SMILES string of the molecule is CCNC1(C#N)CCCC1CCSC1CCCC(C)C1. The van der Waals surface area contributed by atoms with Crippen molar-refractivity contribution in [1.29, 1.82) is 5.26 Å². The molecule has 2 nitrogen and oxygen atoms in total. The van der Waals surface area contributed by atoms with Crippen molar-refractivity contribution in [2.75, 3.05) is 12.3 Å². The molecular weight excluding hydrogens is 264 g/mol. The second-order valence-corrected chi connectivity index (χ2v) is 8.16. The van der Waals surface area contributed by atoms with Gasteiger partial charge in [0.2, 0.25) is 0 Å². The van der Waals surface area contributed by atoms with E-state index >= 15 is 0 Å². The molecule has 0 aromatic heterocycles. The molecule has 4 atom stereocenters. The highest BCUT2D eigenvalue weighted by atomic mass is 32.2. The first kappa shape index (κ1) is 16.2. The van der Waals surface area contributed by atoms with E-state index in [1.807, 2.05) is 0 Å². The summed E-state index contributed by atoms with van der Waals surface area (Å²) in [6.45, 7) is 5.43. The molecule has 0 aromatic carbocycles. The minimum absolute atomic E-state index is 0.213. The smallest absolute Gasteiger partial charge is 0.109 e. The van der Waals surface area contributed by atoms with Crippen molar-refractivity contribution in [3.8, 4) is 6.07 Å². The van der Waals surface area contributed by atoms with Crippen LogP contribution < -0.4 is 5.32 Å². The van der Waals surface area contributed by atoms with Gasteiger partial charge in [-0.3, -0.25) is 5.32 Å². The summed E-state index contributed by atoms with van der Waals surface area (Å²) in [4.78, 5) is 0. The van der Waals surface area contributed by atoms with Crippen LogP contribution in [0.3, 0.4) is 0 Å². The van der Waals surface area contributed by atoms with Gasteiger partial charge >= 0.3 is 0 Å². The molecule has 3 heteroatoms. The zero-order valence-electron chi connectivity index (χ0n) is 13.2. The van der Waals surface area contributed by atoms with Gasteiger partial charge in [0.25, 0.3) is 0 Å². The average Bonchev–Trinajstić information content (AvgIpc) is 2.83. The maximum atomic E-state index is 9.58. The normalized spacial score (nSPS) is 37.8. The number of hydrogen-bond donors (Lipinski definition) is 1. The van der Waals surface area contributed by atoms with Gasteiger partial charge in [-0.25, -0.2) is 0 Å². The van der Waals surface area contributed by atoms with Gasteiger partial charge < -0.3 is 0 Å². The van der Waals surface area contributed by atoms with Gasteiger partial charge in [-0.1, -0.05) is 33.1 Å². The highest BCUT2D eigenvalue weighted by Crippen LogP contribution is 2.39. The number of nitrogens with one attached hydrogen (secondary N) is 1. The Kier molecular flexibility index (Phi) is 6.23. The molecule has 0 radical (unpaired) electrons. The third-order valence-electron chi connectivity index (χ3n) is 5.22. The highest BCUT2D eigenvalue weighted by molar-refractivity contribution is 7.99. The highest BCUT2D eigenvalue weighted by Gasteiger charge is 2.42. The Morgan fingerprint density at radius 1 is 1.30 bits per heavy atom. The predicted molar refractivity (Wildman–Crippen MR) is 87.9 cm³/mol. The fourth-order valence-electron chi connectivity index (χ4n) is 4.11. The molecule has 0 spiro atoms. The largest absolute Gasteiger partial charge is 0.299 e. The molecule has 0 heterocycles. The van der Waals surface area contributed by atoms with Crippen LogP contribution in [0.5, 0.6) is 0 Å². The quantitative estimate of drug-likeness (QED) is 0.790. The lowest BCUT2D eigenvalue weighted by molar-refractivity contribution is 0.316. The molecule has 0 aliphatic heterocycles. The summed E-state index contributed by atoms with van der Waals surface area (Å²) in [5, 5.41) is 13.9. The van der Waals surface area contributed by atoms with Crippen molar-refractivity contribution < 1.29 is 0 Å². The van der Waals surface area contributed by atoms with Crippen molar-refractivity contribution in [2.24, 2.45) is 11.8 Å². The van der Waals surface area contributed by atoms with Crippen molar-refractivity contribution in [1.82, 2.24) is 5.32 Å². The van der Waals surface area contributed by atoms with Gasteiger partial charge in [-0.15, -0.1) is 0 Å². The molecular formula is C17H30N2S. The molecule has 20 heavy (non-hydrogen) atoms. The molecule has 1 N–H and O–H groups in total. The van der Waals surface area contributed by atoms with E-state index in [0.29, 0.717) is 5.92 Å². The Hall–Kier alpha value is -0.200. The van der Waals surface area contributed by atoms with Gasteiger partial charge in [-0.2, -0.15) is 17.0 Å². The first-order chi connectivity index (χ1) is 9.70. The lowest BCUT2D eigenvalue weighted by atomic mass is 9.86. The number of hydrogen-bond acceptors (Lipinski definition) is 3. The van der Waals surface area contributed by atoms with E-state index in [0.717, 1.165) is 24.1 Å². The van der Waals surface area contributed by atoms with E-state index in [4.69, 9.17) is 0 Å². The van der Waals surface area contributed by atoms with E-state index < -0.39 is 0 Å². The van der Waals surface area contributed by atoms with E-state index in [-0.39, 0.29) is 5.54 Å². The van der Waals surface area contributed by atoms with Crippen LogP contribution in [0, 0.1) is 23.2 Å². The second-order valence-electron chi connectivity index (χ2n) is 6.76. The summed E-state index contributed by atoms with van der Waals surface area (Å²) in [6, 6.07) is 2.60. The van der Waals surface area contributed by atoms with Crippen LogP contribution in [0.2, 0.25) is 0 Å². The van der Waals surface area contributed by atoms with Gasteiger partial charge in [0.05, 0.1) is 6.07 Å². The Balaban J connectivity index is 1.77. The number of rotatable bonds is 6. The molecule has 0 saturated heterocycles. The van der Waals surface area contributed by atoms with Crippen LogP contribution in [-0.4, -0.2) is 23.1 Å². The summed E-state index contributed by atoms with van der Waals surface area (Å²) < 4.78 is 0. The number of thioether (sulfide) groups is 1. The molecule has 2 aliphatic carbocycles. The van der Waals surface area contributed by atoms with Crippen molar-refractivity contribution in [3.05, 3.63) is 0 Å². The van der Waals surface area contributed by atoms with E-state index in [2.05, 4.69) is 37.0 Å². The molecule has 2 aliphatic rings. The zero-order valence-corrected chi connectivity index (χ0v) is 14.0. The van der Waals surface area contributed by atoms with Crippen LogP contribution in [-0.2, 0) is 0 Å². The molecule has 114 valence electrons. The minimum Gasteiger partial charge on any atom is -0.299 e. The van der Waals surface area contributed by atoms with Crippen molar-refractivity contribution in [2.45, 2.75) is 76.0 Å². The molecule has 0 amide bonds. The van der Waals surface area contributed by atoms with E-state index in [1.165, 1.54) is 50.7 Å². The third kappa shape index (κ3) is 3.92. The Bertz CT molecular complexity index is 338. The summed E-state index contributed by atoms with van der Waals surface area (Å²) in [5.74, 6) is 2.74. The third-order valence-corrected chi connectivity index (χ3v) is 6.59. The van der Waals surface area contributed by atoms with Gasteiger partial charge in [0.15, 0.2) is 0 Å². The van der Waals surface area contributed by atoms with Crippen molar-refractivity contribution in [3.63, 3.8) is 0 Å². The lowest BCUT2D eigenvalue weighted by Crippen LogP contribution is -2.47. The van der Waals surface area contributed by atoms with Crippen LogP contribution in [0.4, 0.5) is 0 Å². The number of nitriles is 1. The van der Waals surface area contributed by atoms with Crippen LogP contribution in [0.15, 0.2) is 0 Å². The molecule has 4 unspecified atom stereocenters. The van der Waals surface area contributed by atoms with Gasteiger partial charge in [0.1, 0.15) is 5.54 Å². The molecule has 0 bridgehead atoms. The van der Waals surface area contributed by atoms with Crippen LogP contribution in [0.25, 0.3) is 0 Å². The molecule has 2 saturated carbocycles. The van der Waals surface area contributed by atoms with E-state index in [9.17, 15) is 5.26 Å². The fraction of sp³-hybridized carbons (Fsp3) is 0.941. The lowest BCUT2D eigenvalue weighted by Gasteiger charge is -2.31. The number of nitrogens with zero attached hydrogens (tertiary/aromatic N) is 1. The summed E-state index contributed by atoms with van der Waals surface area (Å²) in [5.41, 5.74) is -0.213. The molecule has 0 aromatic rings. The van der Waals surface area contributed by atoms with Crippen LogP contribution >= 0.6 is 11.8 Å². The monoisotopic (exact) mass is 294 g/mol. The van der Waals surface area contributed by atoms with Crippen molar-refractivity contribution >= 4 is 11.8 Å². The Morgan fingerprint density at radius 3 is 2.85 bits per heavy atom. The maximum Gasteiger partial charge on any atom is 0.109 e. The van der Waals surface area contributed by atoms with Crippen LogP contribution in [0.1, 0.15) is 65.2 Å². The molecule has 2 fully saturated rings. The predicted octanol–water partition coefficient (Wildman–Crippen LogP) is 4.36.